The minimum Gasteiger partial charge on any atom is -0.805 e. The molecule has 0 unspecified atom stereocenters. The second-order valence-electron chi connectivity index (χ2n) is 5.15. The molecule has 0 fully saturated rings. The molecule has 0 atom stereocenters. The van der Waals surface area contributed by atoms with Crippen LogP contribution < -0.4 is 4.43 Å². The Morgan fingerprint density at radius 3 is 2.58 bits per heavy atom. The van der Waals surface area contributed by atoms with Gasteiger partial charge in [0.05, 0.1) is 15.0 Å². The van der Waals surface area contributed by atoms with Crippen LogP contribution in [0.3, 0.4) is 0 Å². The zero-order valence-corrected chi connectivity index (χ0v) is 12.5. The monoisotopic (exact) mass is 325 g/mol. The van der Waals surface area contributed by atoms with Gasteiger partial charge < -0.3 is 9.94 Å². The Kier molecular flexibility index (Phi) is 3.57. The van der Waals surface area contributed by atoms with E-state index in [-0.39, 0.29) is 33.7 Å². The predicted molar refractivity (Wildman–Crippen MR) is 85.3 cm³/mol. The zero-order valence-electron chi connectivity index (χ0n) is 12.5. The molecule has 2 aromatic carbocycles. The summed E-state index contributed by atoms with van der Waals surface area (Å²) in [6, 6.07) is 11.1. The van der Waals surface area contributed by atoms with Crippen LogP contribution >= 0.6 is 0 Å². The quantitative estimate of drug-likeness (QED) is 0.317. The van der Waals surface area contributed by atoms with E-state index in [1.807, 2.05) is 0 Å². The SMILES string of the molecule is Cc1c(C(=O)c2cccc([N+](=O)[O-])c2)[n+](=O)c2ccccc2n1[O-]. The maximum absolute atomic E-state index is 12.7. The van der Waals surface area contributed by atoms with Gasteiger partial charge in [0.15, 0.2) is 0 Å². The van der Waals surface area contributed by atoms with Crippen LogP contribution in [0.4, 0.5) is 5.69 Å². The molecule has 0 spiro atoms. The topological polar surface area (TPSA) is 111 Å². The van der Waals surface area contributed by atoms with Crippen molar-refractivity contribution in [1.82, 2.24) is 4.73 Å². The standard InChI is InChI=1S/C16H11N3O5/c1-10-15(16(20)11-5-4-6-12(9-11)19(23)24)18(22)14-8-3-2-7-13(14)17(10)21/h2-9H,1H3. The van der Waals surface area contributed by atoms with E-state index in [0.717, 1.165) is 6.07 Å². The molecule has 0 N–H and O–H groups in total. The molecule has 0 saturated carbocycles. The van der Waals surface area contributed by atoms with Crippen molar-refractivity contribution >= 4 is 22.5 Å². The normalized spacial score (nSPS) is 10.7. The number of rotatable bonds is 3. The highest BCUT2D eigenvalue weighted by Gasteiger charge is 2.28. The lowest BCUT2D eigenvalue weighted by Gasteiger charge is -2.15. The number of non-ortho nitro benzene ring substituents is 1. The summed E-state index contributed by atoms with van der Waals surface area (Å²) in [5.41, 5.74) is -0.546. The molecule has 0 aliphatic carbocycles. The molecule has 8 heteroatoms. The number of aromatic nitrogens is 2. The smallest absolute Gasteiger partial charge is 0.329 e. The van der Waals surface area contributed by atoms with E-state index in [1.54, 1.807) is 12.1 Å². The van der Waals surface area contributed by atoms with Gasteiger partial charge in [0, 0.05) is 28.7 Å². The maximum Gasteiger partial charge on any atom is 0.329 e. The number of benzene rings is 2. The van der Waals surface area contributed by atoms with Gasteiger partial charge in [-0.15, -0.1) is 0 Å². The van der Waals surface area contributed by atoms with E-state index in [0.29, 0.717) is 9.16 Å². The second kappa shape index (κ2) is 5.58. The molecule has 0 amide bonds. The summed E-state index contributed by atoms with van der Waals surface area (Å²) < 4.78 is 0.897. The van der Waals surface area contributed by atoms with Crippen LogP contribution in [0, 0.1) is 27.2 Å². The van der Waals surface area contributed by atoms with Gasteiger partial charge in [0.2, 0.25) is 0 Å². The van der Waals surface area contributed by atoms with Gasteiger partial charge >= 0.3 is 5.69 Å². The Morgan fingerprint density at radius 1 is 1.17 bits per heavy atom. The van der Waals surface area contributed by atoms with Crippen molar-refractivity contribution in [2.75, 3.05) is 0 Å². The number of nitro benzene ring substituents is 1. The summed E-state index contributed by atoms with van der Waals surface area (Å²) in [4.78, 5) is 35.4. The van der Waals surface area contributed by atoms with Crippen LogP contribution in [0.1, 0.15) is 21.7 Å². The van der Waals surface area contributed by atoms with Gasteiger partial charge in [-0.05, 0) is 13.0 Å². The highest BCUT2D eigenvalue weighted by molar-refractivity contribution is 6.08. The third kappa shape index (κ3) is 2.30. The van der Waals surface area contributed by atoms with E-state index < -0.39 is 10.7 Å². The first-order valence-corrected chi connectivity index (χ1v) is 6.95. The molecule has 24 heavy (non-hydrogen) atoms. The van der Waals surface area contributed by atoms with Crippen molar-refractivity contribution in [2.45, 2.75) is 6.92 Å². The molecular weight excluding hydrogens is 314 g/mol. The van der Waals surface area contributed by atoms with Gasteiger partial charge in [-0.25, -0.2) is 0 Å². The number of hydrogen-bond donors (Lipinski definition) is 0. The molecule has 0 radical (unpaired) electrons. The average Bonchev–Trinajstić information content (AvgIpc) is 2.60. The maximum atomic E-state index is 12.7. The fraction of sp³-hybridized carbons (Fsp3) is 0.0625. The zero-order chi connectivity index (χ0) is 17.4. The van der Waals surface area contributed by atoms with Gasteiger partial charge in [-0.2, -0.15) is 0 Å². The summed E-state index contributed by atoms with van der Waals surface area (Å²) >= 11 is 0. The number of nitro groups is 1. The van der Waals surface area contributed by atoms with Crippen molar-refractivity contribution in [3.8, 4) is 0 Å². The highest BCUT2D eigenvalue weighted by Crippen LogP contribution is 2.19. The van der Waals surface area contributed by atoms with Crippen LogP contribution in [-0.4, -0.2) is 15.4 Å². The number of carbonyl (C=O) groups excluding carboxylic acids is 1. The number of nitrogens with zero attached hydrogens (tertiary/aromatic N) is 3. The molecular formula is C16H11N3O5. The first-order chi connectivity index (χ1) is 11.4. The summed E-state index contributed by atoms with van der Waals surface area (Å²) in [7, 11) is 0. The molecule has 8 nitrogen and oxygen atoms in total. The molecule has 1 heterocycles. The van der Waals surface area contributed by atoms with Crippen molar-refractivity contribution in [3.05, 3.63) is 85.7 Å². The predicted octanol–water partition coefficient (Wildman–Crippen LogP) is 2.35. The minimum absolute atomic E-state index is 0.0350. The van der Waals surface area contributed by atoms with Gasteiger partial charge in [0.25, 0.3) is 17.0 Å². The fourth-order valence-electron chi connectivity index (χ4n) is 2.51. The summed E-state index contributed by atoms with van der Waals surface area (Å²) in [6.07, 6.45) is 0. The first kappa shape index (κ1) is 15.3. The Labute approximate surface area is 134 Å². The number of para-hydroxylation sites is 2. The molecule has 0 aliphatic rings. The molecule has 3 rings (SSSR count). The lowest BCUT2D eigenvalue weighted by atomic mass is 10.1. The Hall–Kier alpha value is -3.55. The first-order valence-electron chi connectivity index (χ1n) is 6.95. The average molecular weight is 325 g/mol. The third-order valence-corrected chi connectivity index (χ3v) is 3.70. The van der Waals surface area contributed by atoms with Crippen molar-refractivity contribution in [3.63, 3.8) is 0 Å². The van der Waals surface area contributed by atoms with Gasteiger partial charge in [0.1, 0.15) is 5.52 Å². The Morgan fingerprint density at radius 2 is 1.88 bits per heavy atom. The fourth-order valence-corrected chi connectivity index (χ4v) is 2.51. The van der Waals surface area contributed by atoms with Crippen LogP contribution in [0.25, 0.3) is 11.0 Å². The van der Waals surface area contributed by atoms with Crippen molar-refractivity contribution < 1.29 is 14.1 Å². The summed E-state index contributed by atoms with van der Waals surface area (Å²) in [5.74, 6) is -0.749. The number of fused-ring (bicyclic) bond motifs is 1. The molecule has 0 saturated heterocycles. The van der Waals surface area contributed by atoms with Crippen molar-refractivity contribution in [1.29, 1.82) is 0 Å². The van der Waals surface area contributed by atoms with Gasteiger partial charge in [-0.1, -0.05) is 24.3 Å². The van der Waals surface area contributed by atoms with E-state index in [9.17, 15) is 25.0 Å². The van der Waals surface area contributed by atoms with E-state index in [1.165, 1.54) is 37.3 Å². The third-order valence-electron chi connectivity index (χ3n) is 3.70. The molecule has 0 bridgehead atoms. The summed E-state index contributed by atoms with van der Waals surface area (Å²) in [5, 5.41) is 23.2. The summed E-state index contributed by atoms with van der Waals surface area (Å²) in [6.45, 7) is 1.36. The molecule has 0 aliphatic heterocycles. The minimum atomic E-state index is -0.749. The van der Waals surface area contributed by atoms with E-state index in [2.05, 4.69) is 0 Å². The highest BCUT2D eigenvalue weighted by atomic mass is 16.6. The molecule has 120 valence electrons. The van der Waals surface area contributed by atoms with Crippen LogP contribution in [0.5, 0.6) is 0 Å². The van der Waals surface area contributed by atoms with Crippen LogP contribution in [0.15, 0.2) is 48.5 Å². The Balaban J connectivity index is 2.27. The van der Waals surface area contributed by atoms with E-state index in [4.69, 9.17) is 0 Å². The lowest BCUT2D eigenvalue weighted by molar-refractivity contribution is -0.468. The molecule has 1 aromatic heterocycles. The Bertz CT molecular complexity index is 1060. The second-order valence-corrected chi connectivity index (χ2v) is 5.15. The van der Waals surface area contributed by atoms with Gasteiger partial charge in [-0.3, -0.25) is 14.9 Å². The molecule has 3 aromatic rings. The van der Waals surface area contributed by atoms with Crippen molar-refractivity contribution in [2.24, 2.45) is 0 Å². The largest absolute Gasteiger partial charge is 0.805 e. The number of carbonyl (C=O) groups is 1. The lowest BCUT2D eigenvalue weighted by Crippen LogP contribution is -2.30. The van der Waals surface area contributed by atoms with Crippen LogP contribution in [0.2, 0.25) is 0 Å². The van der Waals surface area contributed by atoms with E-state index >= 15 is 0 Å². The number of hydrogen-bond acceptors (Lipinski definition) is 5. The van der Waals surface area contributed by atoms with Crippen LogP contribution in [-0.2, 0) is 0 Å². The number of ketones is 1.